The van der Waals surface area contributed by atoms with E-state index in [1.807, 2.05) is 24.3 Å². The lowest BCUT2D eigenvalue weighted by Crippen LogP contribution is -2.39. The second-order valence-electron chi connectivity index (χ2n) is 4.52. The van der Waals surface area contributed by atoms with E-state index in [1.165, 1.54) is 6.33 Å². The van der Waals surface area contributed by atoms with Gasteiger partial charge in [-0.25, -0.2) is 9.97 Å². The topological polar surface area (TPSA) is 38.2 Å². The van der Waals surface area contributed by atoms with Gasteiger partial charge in [0.25, 0.3) is 0 Å². The molecule has 6 heteroatoms. The van der Waals surface area contributed by atoms with Gasteiger partial charge in [-0.1, -0.05) is 41.4 Å². The van der Waals surface area contributed by atoms with Crippen molar-refractivity contribution in [2.24, 2.45) is 0 Å². The summed E-state index contributed by atoms with van der Waals surface area (Å²) in [4.78, 5) is 10.3. The fourth-order valence-electron chi connectivity index (χ4n) is 2.30. The second kappa shape index (κ2) is 5.95. The fraction of sp³-hybridized carbons (Fsp3) is 0.286. The van der Waals surface area contributed by atoms with Crippen LogP contribution >= 0.6 is 23.2 Å². The van der Waals surface area contributed by atoms with Crippen LogP contribution in [0, 0.1) is 0 Å². The van der Waals surface area contributed by atoms with Gasteiger partial charge >= 0.3 is 0 Å². The third kappa shape index (κ3) is 2.73. The molecule has 1 saturated heterocycles. The first kappa shape index (κ1) is 13.6. The van der Waals surface area contributed by atoms with Crippen molar-refractivity contribution in [1.29, 1.82) is 0 Å². The van der Waals surface area contributed by atoms with Gasteiger partial charge in [-0.05, 0) is 6.07 Å². The molecular formula is C14H13Cl2N3O. The summed E-state index contributed by atoms with van der Waals surface area (Å²) < 4.78 is 5.82. The number of anilines is 1. The van der Waals surface area contributed by atoms with E-state index < -0.39 is 0 Å². The highest BCUT2D eigenvalue weighted by atomic mass is 35.5. The molecule has 0 radical (unpaired) electrons. The summed E-state index contributed by atoms with van der Waals surface area (Å²) in [5.74, 6) is 0.738. The predicted molar refractivity (Wildman–Crippen MR) is 79.4 cm³/mol. The summed E-state index contributed by atoms with van der Waals surface area (Å²) in [6.07, 6.45) is 3.02. The van der Waals surface area contributed by atoms with E-state index in [1.54, 1.807) is 6.20 Å². The standard InChI is InChI=1S/C14H13Cl2N3O/c15-11-4-2-1-3-10(11)13-8-19(5-6-20-13)14-12(16)7-17-9-18-14/h1-4,7,9,13H,5-6,8H2. The van der Waals surface area contributed by atoms with Crippen molar-refractivity contribution in [1.82, 2.24) is 9.97 Å². The highest BCUT2D eigenvalue weighted by Crippen LogP contribution is 2.31. The van der Waals surface area contributed by atoms with Crippen LogP contribution < -0.4 is 4.90 Å². The molecule has 20 heavy (non-hydrogen) atoms. The van der Waals surface area contributed by atoms with E-state index in [4.69, 9.17) is 27.9 Å². The van der Waals surface area contributed by atoms with Crippen molar-refractivity contribution >= 4 is 29.0 Å². The largest absolute Gasteiger partial charge is 0.370 e. The molecule has 2 aromatic rings. The van der Waals surface area contributed by atoms with Gasteiger partial charge in [-0.15, -0.1) is 0 Å². The fourth-order valence-corrected chi connectivity index (χ4v) is 2.79. The number of hydrogen-bond acceptors (Lipinski definition) is 4. The lowest BCUT2D eigenvalue weighted by Gasteiger charge is -2.34. The molecule has 1 fully saturated rings. The summed E-state index contributed by atoms with van der Waals surface area (Å²) in [5.41, 5.74) is 0.990. The number of ether oxygens (including phenoxy) is 1. The number of morpholine rings is 1. The Bertz CT molecular complexity index is 557. The molecule has 1 aromatic heterocycles. The third-order valence-corrected chi connectivity index (χ3v) is 3.88. The first-order valence-electron chi connectivity index (χ1n) is 6.32. The molecule has 104 valence electrons. The highest BCUT2D eigenvalue weighted by Gasteiger charge is 2.25. The first-order chi connectivity index (χ1) is 9.75. The zero-order valence-corrected chi connectivity index (χ0v) is 12.2. The summed E-state index contributed by atoms with van der Waals surface area (Å²) in [7, 11) is 0. The Morgan fingerprint density at radius 1 is 1.20 bits per heavy atom. The summed E-state index contributed by atoms with van der Waals surface area (Å²) >= 11 is 12.4. The number of aromatic nitrogens is 2. The van der Waals surface area contributed by atoms with Crippen LogP contribution in [0.5, 0.6) is 0 Å². The molecule has 0 aliphatic carbocycles. The molecule has 1 aromatic carbocycles. The Morgan fingerprint density at radius 3 is 2.85 bits per heavy atom. The molecule has 1 aliphatic heterocycles. The van der Waals surface area contributed by atoms with E-state index in [9.17, 15) is 0 Å². The Hall–Kier alpha value is -1.36. The van der Waals surface area contributed by atoms with Crippen LogP contribution in [-0.2, 0) is 4.74 Å². The van der Waals surface area contributed by atoms with Crippen molar-refractivity contribution in [3.63, 3.8) is 0 Å². The molecule has 1 unspecified atom stereocenters. The van der Waals surface area contributed by atoms with Gasteiger partial charge in [0.05, 0.1) is 12.8 Å². The molecule has 0 spiro atoms. The minimum absolute atomic E-state index is 0.0801. The third-order valence-electron chi connectivity index (χ3n) is 3.27. The zero-order chi connectivity index (χ0) is 13.9. The van der Waals surface area contributed by atoms with Crippen LogP contribution in [0.2, 0.25) is 10.0 Å². The van der Waals surface area contributed by atoms with E-state index in [-0.39, 0.29) is 6.10 Å². The minimum Gasteiger partial charge on any atom is -0.370 e. The van der Waals surface area contributed by atoms with Gasteiger partial charge in [0.15, 0.2) is 5.82 Å². The van der Waals surface area contributed by atoms with Crippen LogP contribution in [-0.4, -0.2) is 29.7 Å². The van der Waals surface area contributed by atoms with Gasteiger partial charge in [0.1, 0.15) is 17.5 Å². The number of hydrogen-bond donors (Lipinski definition) is 0. The van der Waals surface area contributed by atoms with Crippen LogP contribution in [0.1, 0.15) is 11.7 Å². The molecule has 4 nitrogen and oxygen atoms in total. The Labute approximate surface area is 127 Å². The smallest absolute Gasteiger partial charge is 0.151 e. The Morgan fingerprint density at radius 2 is 2.05 bits per heavy atom. The van der Waals surface area contributed by atoms with Gasteiger partial charge in [0.2, 0.25) is 0 Å². The molecule has 1 aliphatic rings. The summed E-state index contributed by atoms with van der Waals surface area (Å²) in [5, 5.41) is 1.26. The maximum atomic E-state index is 6.23. The lowest BCUT2D eigenvalue weighted by atomic mass is 10.1. The molecule has 0 saturated carbocycles. The van der Waals surface area contributed by atoms with Crippen LogP contribution in [0.3, 0.4) is 0 Å². The normalized spacial score (nSPS) is 19.1. The minimum atomic E-state index is -0.0801. The summed E-state index contributed by atoms with van der Waals surface area (Å²) in [6, 6.07) is 7.73. The monoisotopic (exact) mass is 309 g/mol. The van der Waals surface area contributed by atoms with Crippen molar-refractivity contribution in [2.75, 3.05) is 24.6 Å². The van der Waals surface area contributed by atoms with Gasteiger partial charge in [-0.3, -0.25) is 0 Å². The van der Waals surface area contributed by atoms with Gasteiger partial charge in [0, 0.05) is 23.7 Å². The quantitative estimate of drug-likeness (QED) is 0.852. The van der Waals surface area contributed by atoms with Crippen molar-refractivity contribution < 1.29 is 4.74 Å². The average Bonchev–Trinajstić information content (AvgIpc) is 2.48. The Balaban J connectivity index is 1.84. The number of benzene rings is 1. The lowest BCUT2D eigenvalue weighted by molar-refractivity contribution is 0.0396. The molecule has 2 heterocycles. The van der Waals surface area contributed by atoms with Crippen molar-refractivity contribution in [3.8, 4) is 0 Å². The molecule has 0 amide bonds. The summed E-state index contributed by atoms with van der Waals surface area (Å²) in [6.45, 7) is 2.02. The van der Waals surface area contributed by atoms with Crippen LogP contribution in [0.25, 0.3) is 0 Å². The van der Waals surface area contributed by atoms with Crippen molar-refractivity contribution in [3.05, 3.63) is 52.4 Å². The molecule has 3 rings (SSSR count). The van der Waals surface area contributed by atoms with Gasteiger partial charge in [-0.2, -0.15) is 0 Å². The Kier molecular flexibility index (Phi) is 4.05. The van der Waals surface area contributed by atoms with Crippen LogP contribution in [0.15, 0.2) is 36.8 Å². The number of halogens is 2. The van der Waals surface area contributed by atoms with E-state index >= 15 is 0 Å². The predicted octanol–water partition coefficient (Wildman–Crippen LogP) is 3.36. The molecule has 1 atom stereocenters. The number of rotatable bonds is 2. The average molecular weight is 310 g/mol. The van der Waals surface area contributed by atoms with E-state index in [2.05, 4.69) is 14.9 Å². The zero-order valence-electron chi connectivity index (χ0n) is 10.7. The second-order valence-corrected chi connectivity index (χ2v) is 5.34. The van der Waals surface area contributed by atoms with E-state index in [0.29, 0.717) is 23.2 Å². The molecule has 0 N–H and O–H groups in total. The molecular weight excluding hydrogens is 297 g/mol. The SMILES string of the molecule is Clc1ccccc1C1CN(c2ncncc2Cl)CCO1. The van der Waals surface area contributed by atoms with Crippen molar-refractivity contribution in [2.45, 2.75) is 6.10 Å². The van der Waals surface area contributed by atoms with Crippen LogP contribution in [0.4, 0.5) is 5.82 Å². The van der Waals surface area contributed by atoms with E-state index in [0.717, 1.165) is 17.9 Å². The maximum Gasteiger partial charge on any atom is 0.151 e. The van der Waals surface area contributed by atoms with Gasteiger partial charge < -0.3 is 9.64 Å². The molecule has 0 bridgehead atoms. The highest BCUT2D eigenvalue weighted by molar-refractivity contribution is 6.32. The maximum absolute atomic E-state index is 6.23. The first-order valence-corrected chi connectivity index (χ1v) is 7.08. The number of nitrogens with zero attached hydrogens (tertiary/aromatic N) is 3.